The standard InChI is InChI=1S/C20H26ClN3O4/c21-18-14-16(24(27)28)7-8-17(18)20(26)23-12-10-22(11-13-23)19(25)9-6-15-4-2-1-3-5-15/h7-8,14-15H,1-6,9-13H2. The van der Waals surface area contributed by atoms with Gasteiger partial charge >= 0.3 is 0 Å². The molecule has 0 spiro atoms. The summed E-state index contributed by atoms with van der Waals surface area (Å²) in [6.07, 6.45) is 7.93. The van der Waals surface area contributed by atoms with E-state index in [4.69, 9.17) is 11.6 Å². The predicted molar refractivity (Wildman–Crippen MR) is 106 cm³/mol. The monoisotopic (exact) mass is 407 g/mol. The van der Waals surface area contributed by atoms with Crippen LogP contribution in [0.5, 0.6) is 0 Å². The zero-order chi connectivity index (χ0) is 20.1. The van der Waals surface area contributed by atoms with Crippen molar-refractivity contribution < 1.29 is 14.5 Å². The Hall–Kier alpha value is -2.15. The van der Waals surface area contributed by atoms with E-state index in [0.29, 0.717) is 38.5 Å². The first-order valence-corrected chi connectivity index (χ1v) is 10.3. The first-order valence-electron chi connectivity index (χ1n) is 9.96. The topological polar surface area (TPSA) is 83.8 Å². The fraction of sp³-hybridized carbons (Fsp3) is 0.600. The normalized spacial score (nSPS) is 18.2. The third-order valence-electron chi connectivity index (χ3n) is 5.80. The lowest BCUT2D eigenvalue weighted by Gasteiger charge is -2.35. The van der Waals surface area contributed by atoms with Crippen molar-refractivity contribution in [3.8, 4) is 0 Å². The van der Waals surface area contributed by atoms with E-state index in [-0.39, 0.29) is 28.1 Å². The zero-order valence-electron chi connectivity index (χ0n) is 15.9. The molecule has 2 amide bonds. The van der Waals surface area contributed by atoms with Gasteiger partial charge in [0.15, 0.2) is 0 Å². The number of amides is 2. The van der Waals surface area contributed by atoms with Crippen molar-refractivity contribution in [3.63, 3.8) is 0 Å². The Balaban J connectivity index is 1.49. The molecule has 7 nitrogen and oxygen atoms in total. The van der Waals surface area contributed by atoms with Crippen LogP contribution in [0.25, 0.3) is 0 Å². The summed E-state index contributed by atoms with van der Waals surface area (Å²) in [6, 6.07) is 3.87. The summed E-state index contributed by atoms with van der Waals surface area (Å²) in [5.41, 5.74) is 0.110. The van der Waals surface area contributed by atoms with E-state index in [2.05, 4.69) is 0 Å². The number of piperazine rings is 1. The number of hydrogen-bond acceptors (Lipinski definition) is 4. The van der Waals surface area contributed by atoms with Crippen molar-refractivity contribution in [1.29, 1.82) is 0 Å². The molecule has 1 aromatic rings. The number of carbonyl (C=O) groups is 2. The number of halogens is 1. The molecule has 1 saturated heterocycles. The lowest BCUT2D eigenvalue weighted by molar-refractivity contribution is -0.384. The molecule has 0 radical (unpaired) electrons. The van der Waals surface area contributed by atoms with E-state index in [1.807, 2.05) is 4.90 Å². The Morgan fingerprint density at radius 1 is 1.07 bits per heavy atom. The highest BCUT2D eigenvalue weighted by Crippen LogP contribution is 2.28. The molecule has 1 aliphatic carbocycles. The molecule has 1 aliphatic heterocycles. The number of nitro benzene ring substituents is 1. The van der Waals surface area contributed by atoms with E-state index >= 15 is 0 Å². The predicted octanol–water partition coefficient (Wildman–Crippen LogP) is 3.89. The van der Waals surface area contributed by atoms with Crippen LogP contribution in [-0.4, -0.2) is 52.7 Å². The Morgan fingerprint density at radius 2 is 1.71 bits per heavy atom. The third kappa shape index (κ3) is 5.01. The van der Waals surface area contributed by atoms with Gasteiger partial charge in [-0.25, -0.2) is 0 Å². The molecule has 1 aromatic carbocycles. The van der Waals surface area contributed by atoms with Gasteiger partial charge in [-0.2, -0.15) is 0 Å². The zero-order valence-corrected chi connectivity index (χ0v) is 16.7. The highest BCUT2D eigenvalue weighted by atomic mass is 35.5. The maximum Gasteiger partial charge on any atom is 0.270 e. The number of rotatable bonds is 5. The van der Waals surface area contributed by atoms with Crippen LogP contribution in [0.3, 0.4) is 0 Å². The molecule has 0 bridgehead atoms. The number of non-ortho nitro benzene ring substituents is 1. The summed E-state index contributed by atoms with van der Waals surface area (Å²) in [5.74, 6) is 0.602. The molecule has 1 saturated carbocycles. The van der Waals surface area contributed by atoms with Gasteiger partial charge in [-0.15, -0.1) is 0 Å². The summed E-state index contributed by atoms with van der Waals surface area (Å²) in [7, 11) is 0. The Morgan fingerprint density at radius 3 is 2.32 bits per heavy atom. The molecule has 152 valence electrons. The second-order valence-corrected chi connectivity index (χ2v) is 8.04. The smallest absolute Gasteiger partial charge is 0.270 e. The summed E-state index contributed by atoms with van der Waals surface area (Å²) in [4.78, 5) is 38.9. The summed E-state index contributed by atoms with van der Waals surface area (Å²) in [6.45, 7) is 1.92. The fourth-order valence-corrected chi connectivity index (χ4v) is 4.34. The van der Waals surface area contributed by atoms with Gasteiger partial charge in [-0.3, -0.25) is 19.7 Å². The molecule has 3 rings (SSSR count). The van der Waals surface area contributed by atoms with Crippen LogP contribution >= 0.6 is 11.6 Å². The number of nitrogens with zero attached hydrogens (tertiary/aromatic N) is 3. The largest absolute Gasteiger partial charge is 0.339 e. The van der Waals surface area contributed by atoms with Crippen LogP contribution in [-0.2, 0) is 4.79 Å². The summed E-state index contributed by atoms with van der Waals surface area (Å²) < 4.78 is 0. The van der Waals surface area contributed by atoms with E-state index in [1.165, 1.54) is 50.3 Å². The summed E-state index contributed by atoms with van der Waals surface area (Å²) >= 11 is 6.07. The molecule has 28 heavy (non-hydrogen) atoms. The van der Waals surface area contributed by atoms with Gasteiger partial charge in [0.2, 0.25) is 5.91 Å². The van der Waals surface area contributed by atoms with Crippen molar-refractivity contribution in [2.45, 2.75) is 44.9 Å². The highest BCUT2D eigenvalue weighted by molar-refractivity contribution is 6.34. The molecule has 2 fully saturated rings. The first-order chi connectivity index (χ1) is 13.5. The number of benzene rings is 1. The van der Waals surface area contributed by atoms with E-state index < -0.39 is 4.92 Å². The van der Waals surface area contributed by atoms with Crippen molar-refractivity contribution in [1.82, 2.24) is 9.80 Å². The van der Waals surface area contributed by atoms with Crippen LogP contribution in [0.4, 0.5) is 5.69 Å². The second-order valence-electron chi connectivity index (χ2n) is 7.64. The van der Waals surface area contributed by atoms with Crippen LogP contribution in [0.15, 0.2) is 18.2 Å². The quantitative estimate of drug-likeness (QED) is 0.547. The van der Waals surface area contributed by atoms with Gasteiger partial charge in [0.05, 0.1) is 15.5 Å². The van der Waals surface area contributed by atoms with Gasteiger partial charge in [0.25, 0.3) is 11.6 Å². The van der Waals surface area contributed by atoms with E-state index in [0.717, 1.165) is 6.42 Å². The van der Waals surface area contributed by atoms with Gasteiger partial charge < -0.3 is 9.80 Å². The maximum atomic E-state index is 12.7. The minimum absolute atomic E-state index is 0.0742. The maximum absolute atomic E-state index is 12.7. The van der Waals surface area contributed by atoms with Gasteiger partial charge in [0.1, 0.15) is 0 Å². The minimum Gasteiger partial charge on any atom is -0.339 e. The Bertz CT molecular complexity index is 741. The lowest BCUT2D eigenvalue weighted by atomic mass is 9.86. The average molecular weight is 408 g/mol. The number of nitro groups is 1. The van der Waals surface area contributed by atoms with E-state index in [9.17, 15) is 19.7 Å². The average Bonchev–Trinajstić information content (AvgIpc) is 2.72. The highest BCUT2D eigenvalue weighted by Gasteiger charge is 2.27. The Labute approximate surface area is 169 Å². The molecule has 2 aliphatic rings. The SMILES string of the molecule is O=C(CCC1CCCCC1)N1CCN(C(=O)c2ccc([N+](=O)[O-])cc2Cl)CC1. The number of carbonyl (C=O) groups excluding carboxylic acids is 2. The number of hydrogen-bond donors (Lipinski definition) is 0. The van der Waals surface area contributed by atoms with Crippen molar-refractivity contribution in [2.24, 2.45) is 5.92 Å². The van der Waals surface area contributed by atoms with Crippen LogP contribution in [0.2, 0.25) is 5.02 Å². The van der Waals surface area contributed by atoms with E-state index in [1.54, 1.807) is 4.90 Å². The molecule has 0 N–H and O–H groups in total. The van der Waals surface area contributed by atoms with Crippen LogP contribution in [0, 0.1) is 16.0 Å². The molecule has 1 heterocycles. The first kappa shape index (κ1) is 20.6. The lowest BCUT2D eigenvalue weighted by Crippen LogP contribution is -2.50. The molecule has 0 unspecified atom stereocenters. The van der Waals surface area contributed by atoms with Gasteiger partial charge in [-0.05, 0) is 18.4 Å². The molecule has 0 aromatic heterocycles. The Kier molecular flexibility index (Phi) is 6.88. The summed E-state index contributed by atoms with van der Waals surface area (Å²) in [5, 5.41) is 10.9. The molecular formula is C20H26ClN3O4. The minimum atomic E-state index is -0.544. The van der Waals surface area contributed by atoms with Gasteiger partial charge in [-0.1, -0.05) is 43.7 Å². The van der Waals surface area contributed by atoms with Crippen molar-refractivity contribution >= 4 is 29.1 Å². The van der Waals surface area contributed by atoms with Crippen molar-refractivity contribution in [3.05, 3.63) is 38.9 Å². The molecule has 8 heteroatoms. The molecule has 0 atom stereocenters. The van der Waals surface area contributed by atoms with Crippen molar-refractivity contribution in [2.75, 3.05) is 26.2 Å². The second kappa shape index (κ2) is 9.37. The molecular weight excluding hydrogens is 382 g/mol. The third-order valence-corrected chi connectivity index (χ3v) is 6.12. The van der Waals surface area contributed by atoms with Crippen LogP contribution < -0.4 is 0 Å². The fourth-order valence-electron chi connectivity index (χ4n) is 4.08. The van der Waals surface area contributed by atoms with Crippen LogP contribution in [0.1, 0.15) is 55.3 Å². The van der Waals surface area contributed by atoms with Gasteiger partial charge in [0, 0.05) is 44.7 Å².